The van der Waals surface area contributed by atoms with Crippen LogP contribution >= 0.6 is 11.6 Å². The Morgan fingerprint density at radius 2 is 1.67 bits per heavy atom. The summed E-state index contributed by atoms with van der Waals surface area (Å²) in [6, 6.07) is 29.7. The summed E-state index contributed by atoms with van der Waals surface area (Å²) in [5.74, 6) is -0.106. The summed E-state index contributed by atoms with van der Waals surface area (Å²) in [4.78, 5) is 26.2. The van der Waals surface area contributed by atoms with Gasteiger partial charge in [-0.2, -0.15) is 0 Å². The van der Waals surface area contributed by atoms with Crippen LogP contribution in [-0.4, -0.2) is 61.9 Å². The molecule has 55 heavy (non-hydrogen) atoms. The molecule has 0 atom stereocenters. The molecule has 2 fully saturated rings. The molecule has 2 aliphatic carbocycles. The van der Waals surface area contributed by atoms with Crippen molar-refractivity contribution in [2.24, 2.45) is 5.41 Å². The minimum absolute atomic E-state index is 0.00504. The van der Waals surface area contributed by atoms with Gasteiger partial charge in [-0.05, 0) is 108 Å². The van der Waals surface area contributed by atoms with Crippen molar-refractivity contribution < 1.29 is 17.9 Å². The van der Waals surface area contributed by atoms with Crippen LogP contribution in [0.4, 0.5) is 5.69 Å². The summed E-state index contributed by atoms with van der Waals surface area (Å²) in [7, 11) is -4.18. The number of anilines is 1. The minimum atomic E-state index is -4.18. The fourth-order valence-corrected chi connectivity index (χ4v) is 9.60. The molecule has 4 aromatic carbocycles. The third-order valence-corrected chi connectivity index (χ3v) is 13.3. The lowest BCUT2D eigenvalue weighted by Gasteiger charge is -2.47. The molecule has 2 N–H and O–H groups in total. The van der Waals surface area contributed by atoms with Gasteiger partial charge in [-0.15, -0.1) is 0 Å². The number of hydrogen-bond donors (Lipinski definition) is 2. The Hall–Kier alpha value is -5.16. The Kier molecular flexibility index (Phi) is 9.36. The molecule has 0 radical (unpaired) electrons. The lowest BCUT2D eigenvalue weighted by molar-refractivity contribution is 0.0979. The second-order valence-electron chi connectivity index (χ2n) is 15.2. The maximum Gasteiger partial charge on any atom is 0.268 e. The van der Waals surface area contributed by atoms with Crippen LogP contribution in [0.5, 0.6) is 11.5 Å². The standard InChI is InChI=1S/C44H42ClN5O4S/c45-35-9-6-31(7-10-35)40-27-44(16-3-17-44)18-14-34(40)29-49-20-22-50(23-21-49)36-11-13-39(41(26-36)54-37-24-33-15-19-46-42(33)47-28-37)43(51)48-55(52,53)38-12-8-30-4-1-2-5-32(30)25-38/h1-2,4-13,15,19,24-26,28H,3,14,16-18,20-23,27,29H2,(H,46,47)(H,48,51). The van der Waals surface area contributed by atoms with Crippen molar-refractivity contribution in [3.8, 4) is 11.5 Å². The van der Waals surface area contributed by atoms with Crippen molar-refractivity contribution in [3.63, 3.8) is 0 Å². The first-order chi connectivity index (χ1) is 26.7. The molecule has 1 aliphatic heterocycles. The zero-order chi connectivity index (χ0) is 37.6. The lowest BCUT2D eigenvalue weighted by atomic mass is 9.59. The van der Waals surface area contributed by atoms with E-state index in [2.05, 4.69) is 36.6 Å². The molecule has 1 saturated heterocycles. The van der Waals surface area contributed by atoms with Crippen molar-refractivity contribution in [1.29, 1.82) is 0 Å². The van der Waals surface area contributed by atoms with Crippen LogP contribution in [0.1, 0.15) is 54.4 Å². The highest BCUT2D eigenvalue weighted by Gasteiger charge is 2.41. The number of amides is 1. The van der Waals surface area contributed by atoms with Gasteiger partial charge in [0.15, 0.2) is 0 Å². The maximum absolute atomic E-state index is 13.8. The fraction of sp³-hybridized carbons (Fsp3) is 0.273. The number of pyridine rings is 1. The van der Waals surface area contributed by atoms with Gasteiger partial charge in [0, 0.05) is 61.1 Å². The number of fused-ring (bicyclic) bond motifs is 2. The summed E-state index contributed by atoms with van der Waals surface area (Å²) in [6.07, 6.45) is 11.0. The van der Waals surface area contributed by atoms with E-state index in [1.807, 2.05) is 60.7 Å². The number of ether oxygens (including phenoxy) is 1. The first-order valence-electron chi connectivity index (χ1n) is 19.0. The van der Waals surface area contributed by atoms with Crippen LogP contribution < -0.4 is 14.4 Å². The number of benzene rings is 4. The highest BCUT2D eigenvalue weighted by molar-refractivity contribution is 7.90. The van der Waals surface area contributed by atoms with E-state index in [1.165, 1.54) is 42.9 Å². The number of nitrogens with zero attached hydrogens (tertiary/aromatic N) is 3. The van der Waals surface area contributed by atoms with Gasteiger partial charge < -0.3 is 14.6 Å². The van der Waals surface area contributed by atoms with E-state index in [9.17, 15) is 13.2 Å². The van der Waals surface area contributed by atoms with E-state index >= 15 is 0 Å². The number of rotatable bonds is 9. The quantitative estimate of drug-likeness (QED) is 0.151. The molecule has 6 aromatic rings. The predicted octanol–water partition coefficient (Wildman–Crippen LogP) is 9.21. The molecule has 11 heteroatoms. The molecule has 0 unspecified atom stereocenters. The van der Waals surface area contributed by atoms with Gasteiger partial charge in [0.1, 0.15) is 17.1 Å². The van der Waals surface area contributed by atoms with Crippen LogP contribution in [0.15, 0.2) is 120 Å². The molecule has 0 bridgehead atoms. The molecular weight excluding hydrogens is 730 g/mol. The zero-order valence-electron chi connectivity index (χ0n) is 30.4. The number of halogens is 1. The Morgan fingerprint density at radius 1 is 0.873 bits per heavy atom. The van der Waals surface area contributed by atoms with Gasteiger partial charge in [0.05, 0.1) is 16.7 Å². The topological polar surface area (TPSA) is 108 Å². The number of hydrogen-bond acceptors (Lipinski definition) is 7. The number of piperazine rings is 1. The Bertz CT molecular complexity index is 2560. The number of carbonyl (C=O) groups is 1. The predicted molar refractivity (Wildman–Crippen MR) is 218 cm³/mol. The summed E-state index contributed by atoms with van der Waals surface area (Å²) in [6.45, 7) is 4.32. The summed E-state index contributed by atoms with van der Waals surface area (Å²) < 4.78 is 35.6. The molecule has 1 saturated carbocycles. The summed E-state index contributed by atoms with van der Waals surface area (Å²) in [5, 5.41) is 3.29. The SMILES string of the molecule is O=C(NS(=O)(=O)c1ccc2ccccc2c1)c1ccc(N2CCN(CC3=C(c4ccc(Cl)cc4)CC4(CCC4)CC3)CC2)cc1Oc1cnc2[nH]ccc2c1. The molecule has 1 spiro atoms. The van der Waals surface area contributed by atoms with Crippen LogP contribution in [0.3, 0.4) is 0 Å². The van der Waals surface area contributed by atoms with Gasteiger partial charge in [-0.25, -0.2) is 18.1 Å². The van der Waals surface area contributed by atoms with E-state index in [4.69, 9.17) is 16.3 Å². The number of allylic oxidation sites excluding steroid dienone is 1. The molecule has 1 amide bonds. The van der Waals surface area contributed by atoms with Crippen LogP contribution in [0.2, 0.25) is 5.02 Å². The monoisotopic (exact) mass is 771 g/mol. The third-order valence-electron chi connectivity index (χ3n) is 11.8. The Morgan fingerprint density at radius 3 is 2.45 bits per heavy atom. The van der Waals surface area contributed by atoms with E-state index in [1.54, 1.807) is 36.2 Å². The van der Waals surface area contributed by atoms with Gasteiger partial charge in [0.25, 0.3) is 15.9 Å². The van der Waals surface area contributed by atoms with Crippen LogP contribution in [-0.2, 0) is 10.0 Å². The van der Waals surface area contributed by atoms with Crippen LogP contribution in [0, 0.1) is 5.41 Å². The Balaban J connectivity index is 0.948. The lowest BCUT2D eigenvalue weighted by Crippen LogP contribution is -2.47. The number of sulfonamides is 1. The maximum atomic E-state index is 13.8. The fourth-order valence-electron chi connectivity index (χ4n) is 8.48. The van der Waals surface area contributed by atoms with Gasteiger partial charge in [0.2, 0.25) is 0 Å². The number of H-pyrrole nitrogens is 1. The summed E-state index contributed by atoms with van der Waals surface area (Å²) in [5.41, 5.74) is 6.54. The van der Waals surface area contributed by atoms with E-state index in [0.717, 1.165) is 72.4 Å². The second-order valence-corrected chi connectivity index (χ2v) is 17.3. The van der Waals surface area contributed by atoms with Gasteiger partial charge in [-0.1, -0.05) is 66.1 Å². The summed E-state index contributed by atoms with van der Waals surface area (Å²) >= 11 is 6.27. The van der Waals surface area contributed by atoms with Crippen molar-refractivity contribution in [3.05, 3.63) is 131 Å². The van der Waals surface area contributed by atoms with Crippen molar-refractivity contribution in [2.45, 2.75) is 43.4 Å². The first kappa shape index (κ1) is 35.5. The first-order valence-corrected chi connectivity index (χ1v) is 20.8. The molecule has 9 rings (SSSR count). The van der Waals surface area contributed by atoms with E-state index < -0.39 is 15.9 Å². The third kappa shape index (κ3) is 7.34. The van der Waals surface area contributed by atoms with Crippen LogP contribution in [0.25, 0.3) is 27.4 Å². The van der Waals surface area contributed by atoms with Crippen molar-refractivity contribution >= 4 is 60.6 Å². The number of nitrogens with one attached hydrogen (secondary N) is 2. The minimum Gasteiger partial charge on any atom is -0.455 e. The number of aromatic nitrogens is 2. The van der Waals surface area contributed by atoms with Crippen molar-refractivity contribution in [1.82, 2.24) is 19.6 Å². The normalized spacial score (nSPS) is 17.4. The molecule has 2 aromatic heterocycles. The van der Waals surface area contributed by atoms with E-state index in [-0.39, 0.29) is 16.2 Å². The molecular formula is C44H42ClN5O4S. The molecule has 3 heterocycles. The average molecular weight is 772 g/mol. The molecule has 9 nitrogen and oxygen atoms in total. The highest BCUT2D eigenvalue weighted by Crippen LogP contribution is 2.55. The number of carbonyl (C=O) groups excluding carboxylic acids is 1. The van der Waals surface area contributed by atoms with Gasteiger partial charge in [-0.3, -0.25) is 9.69 Å². The number of aromatic amines is 1. The zero-order valence-corrected chi connectivity index (χ0v) is 32.0. The highest BCUT2D eigenvalue weighted by atomic mass is 35.5. The van der Waals surface area contributed by atoms with Crippen molar-refractivity contribution in [2.75, 3.05) is 37.6 Å². The largest absolute Gasteiger partial charge is 0.455 e. The average Bonchev–Trinajstić information content (AvgIpc) is 3.66. The second kappa shape index (κ2) is 14.5. The Labute approximate surface area is 326 Å². The van der Waals surface area contributed by atoms with E-state index in [0.29, 0.717) is 16.8 Å². The molecule has 280 valence electrons. The molecule has 3 aliphatic rings. The smallest absolute Gasteiger partial charge is 0.268 e. The van der Waals surface area contributed by atoms with Gasteiger partial charge >= 0.3 is 0 Å².